The second-order valence-corrected chi connectivity index (χ2v) is 7.60. The van der Waals surface area contributed by atoms with Gasteiger partial charge in [-0.1, -0.05) is 30.3 Å². The molecular weight excluding hydrogens is 326 g/mol. The van der Waals surface area contributed by atoms with Crippen molar-refractivity contribution in [3.8, 4) is 0 Å². The molecule has 0 bridgehead atoms. The maximum Gasteiger partial charge on any atom is 0.317 e. The van der Waals surface area contributed by atoms with E-state index in [2.05, 4.69) is 5.32 Å². The average Bonchev–Trinajstić information content (AvgIpc) is 2.54. The van der Waals surface area contributed by atoms with Crippen molar-refractivity contribution < 1.29 is 14.4 Å². The molecule has 1 heterocycles. The van der Waals surface area contributed by atoms with Crippen LogP contribution in [0.15, 0.2) is 30.3 Å². The van der Waals surface area contributed by atoms with Gasteiger partial charge in [0.25, 0.3) is 5.24 Å². The van der Waals surface area contributed by atoms with Crippen molar-refractivity contribution in [1.82, 2.24) is 15.1 Å². The summed E-state index contributed by atoms with van der Waals surface area (Å²) in [6, 6.07) is 8.62. The number of benzene rings is 1. The number of hydrogen-bond acceptors (Lipinski definition) is 4. The van der Waals surface area contributed by atoms with Crippen LogP contribution >= 0.6 is 11.8 Å². The molecule has 1 fully saturated rings. The third-order valence-electron chi connectivity index (χ3n) is 3.50. The highest BCUT2D eigenvalue weighted by molar-refractivity contribution is 8.26. The predicted octanol–water partition coefficient (Wildman–Crippen LogP) is 2.81. The van der Waals surface area contributed by atoms with E-state index in [1.807, 2.05) is 26.8 Å². The fraction of sp³-hybridized carbons (Fsp3) is 0.471. The molecule has 130 valence electrons. The number of urea groups is 1. The first-order valence-electron chi connectivity index (χ1n) is 7.89. The van der Waals surface area contributed by atoms with Gasteiger partial charge < -0.3 is 15.1 Å². The van der Waals surface area contributed by atoms with Crippen molar-refractivity contribution in [2.75, 3.05) is 26.2 Å². The van der Waals surface area contributed by atoms with Crippen LogP contribution in [0, 0.1) is 0 Å². The van der Waals surface area contributed by atoms with Gasteiger partial charge in [-0.3, -0.25) is 9.59 Å². The topological polar surface area (TPSA) is 69.7 Å². The number of hydrogen-bond donors (Lipinski definition) is 1. The summed E-state index contributed by atoms with van der Waals surface area (Å²) in [7, 11) is 0. The predicted molar refractivity (Wildman–Crippen MR) is 95.2 cm³/mol. The lowest BCUT2D eigenvalue weighted by Gasteiger charge is -2.36. The third kappa shape index (κ3) is 5.26. The summed E-state index contributed by atoms with van der Waals surface area (Å²) in [6.07, 6.45) is 0. The molecule has 1 N–H and O–H groups in total. The van der Waals surface area contributed by atoms with Gasteiger partial charge in [-0.05, 0) is 20.8 Å². The van der Waals surface area contributed by atoms with E-state index < -0.39 is 0 Å². The maximum atomic E-state index is 12.2. The van der Waals surface area contributed by atoms with Crippen molar-refractivity contribution in [3.63, 3.8) is 0 Å². The fourth-order valence-corrected chi connectivity index (χ4v) is 2.99. The Morgan fingerprint density at radius 1 is 0.958 bits per heavy atom. The Bertz CT molecular complexity index is 605. The molecule has 24 heavy (non-hydrogen) atoms. The number of amides is 3. The van der Waals surface area contributed by atoms with Crippen LogP contribution in [0.5, 0.6) is 0 Å². The Hall–Kier alpha value is -2.02. The summed E-state index contributed by atoms with van der Waals surface area (Å²) < 4.78 is 0. The molecule has 0 aromatic heterocycles. The molecule has 0 spiro atoms. The molecule has 1 saturated heterocycles. The number of rotatable bonds is 1. The fourth-order valence-electron chi connectivity index (χ4n) is 2.27. The molecule has 2 rings (SSSR count). The highest BCUT2D eigenvalue weighted by Crippen LogP contribution is 2.18. The number of carbonyl (C=O) groups is 3. The van der Waals surface area contributed by atoms with Crippen molar-refractivity contribution >= 4 is 28.1 Å². The second-order valence-electron chi connectivity index (χ2n) is 6.68. The molecule has 1 aromatic rings. The molecule has 0 unspecified atom stereocenters. The van der Waals surface area contributed by atoms with E-state index in [1.165, 1.54) is 0 Å². The third-order valence-corrected chi connectivity index (χ3v) is 4.35. The van der Waals surface area contributed by atoms with Gasteiger partial charge in [-0.2, -0.15) is 0 Å². The van der Waals surface area contributed by atoms with E-state index >= 15 is 0 Å². The molecule has 0 radical (unpaired) electrons. The van der Waals surface area contributed by atoms with E-state index in [0.717, 1.165) is 0 Å². The monoisotopic (exact) mass is 349 g/mol. The standard InChI is InChI=1S/C17H23N3O3S/c1-17(2,3)18-15(22)19-9-11-20(12-10-19)16(23)24-14(21)13-7-5-4-6-8-13/h4-8H,9-12H2,1-3H3,(H,18,22). The Balaban J connectivity index is 1.82. The van der Waals surface area contributed by atoms with Crippen LogP contribution < -0.4 is 5.32 Å². The summed E-state index contributed by atoms with van der Waals surface area (Å²) in [5.74, 6) is 0. The molecular formula is C17H23N3O3S. The first-order valence-corrected chi connectivity index (χ1v) is 8.71. The first kappa shape index (κ1) is 18.3. The van der Waals surface area contributed by atoms with E-state index in [0.29, 0.717) is 43.5 Å². The smallest absolute Gasteiger partial charge is 0.317 e. The van der Waals surface area contributed by atoms with Crippen molar-refractivity contribution in [2.45, 2.75) is 26.3 Å². The SMILES string of the molecule is CC(C)(C)NC(=O)N1CCN(C(=O)SC(=O)c2ccccc2)CC1. The molecule has 0 saturated carbocycles. The lowest BCUT2D eigenvalue weighted by atomic mass is 10.1. The minimum atomic E-state index is -0.290. The van der Waals surface area contributed by atoms with Crippen molar-refractivity contribution in [3.05, 3.63) is 35.9 Å². The van der Waals surface area contributed by atoms with Gasteiger partial charge in [0.2, 0.25) is 5.12 Å². The Kier molecular flexibility index (Phi) is 5.88. The van der Waals surface area contributed by atoms with E-state index in [-0.39, 0.29) is 21.9 Å². The van der Waals surface area contributed by atoms with Crippen LogP contribution in [-0.4, -0.2) is 57.9 Å². The molecule has 1 aliphatic heterocycles. The molecule has 3 amide bonds. The first-order chi connectivity index (χ1) is 11.3. The molecule has 6 nitrogen and oxygen atoms in total. The van der Waals surface area contributed by atoms with Gasteiger partial charge in [0.1, 0.15) is 0 Å². The van der Waals surface area contributed by atoms with Crippen LogP contribution in [-0.2, 0) is 0 Å². The van der Waals surface area contributed by atoms with E-state index in [4.69, 9.17) is 0 Å². The van der Waals surface area contributed by atoms with Crippen LogP contribution in [0.4, 0.5) is 9.59 Å². The molecule has 1 aromatic carbocycles. The molecule has 0 atom stereocenters. The largest absolute Gasteiger partial charge is 0.333 e. The van der Waals surface area contributed by atoms with Crippen molar-refractivity contribution in [1.29, 1.82) is 0 Å². The number of nitrogens with one attached hydrogen (secondary N) is 1. The van der Waals surface area contributed by atoms with Gasteiger partial charge in [0, 0.05) is 49.0 Å². The van der Waals surface area contributed by atoms with Crippen LogP contribution in [0.1, 0.15) is 31.1 Å². The second kappa shape index (κ2) is 7.70. The average molecular weight is 349 g/mol. The van der Waals surface area contributed by atoms with Crippen LogP contribution in [0.2, 0.25) is 0 Å². The Morgan fingerprint density at radius 3 is 2.04 bits per heavy atom. The minimum absolute atomic E-state index is 0.123. The minimum Gasteiger partial charge on any atom is -0.333 e. The highest BCUT2D eigenvalue weighted by Gasteiger charge is 2.27. The highest BCUT2D eigenvalue weighted by atomic mass is 32.2. The normalized spacial score (nSPS) is 15.1. The van der Waals surface area contributed by atoms with E-state index in [1.54, 1.807) is 34.1 Å². The Morgan fingerprint density at radius 2 is 1.50 bits per heavy atom. The van der Waals surface area contributed by atoms with E-state index in [9.17, 15) is 14.4 Å². The summed E-state index contributed by atoms with van der Waals surface area (Å²) >= 11 is 0.708. The molecule has 1 aliphatic rings. The number of thioether (sulfide) groups is 1. The zero-order chi connectivity index (χ0) is 17.7. The van der Waals surface area contributed by atoms with Gasteiger partial charge in [-0.15, -0.1) is 0 Å². The van der Waals surface area contributed by atoms with Gasteiger partial charge >= 0.3 is 6.03 Å². The lowest BCUT2D eigenvalue weighted by molar-refractivity contribution is 0.108. The van der Waals surface area contributed by atoms with Crippen molar-refractivity contribution in [2.24, 2.45) is 0 Å². The lowest BCUT2D eigenvalue weighted by Crippen LogP contribution is -2.55. The molecule has 7 heteroatoms. The van der Waals surface area contributed by atoms with Gasteiger partial charge in [-0.25, -0.2) is 4.79 Å². The quantitative estimate of drug-likeness (QED) is 0.846. The number of piperazine rings is 1. The summed E-state index contributed by atoms with van der Waals surface area (Å²) in [5.41, 5.74) is 0.223. The zero-order valence-electron chi connectivity index (χ0n) is 14.2. The van der Waals surface area contributed by atoms with Crippen LogP contribution in [0.25, 0.3) is 0 Å². The zero-order valence-corrected chi connectivity index (χ0v) is 15.1. The maximum absolute atomic E-state index is 12.2. The van der Waals surface area contributed by atoms with Crippen LogP contribution in [0.3, 0.4) is 0 Å². The summed E-state index contributed by atoms with van der Waals surface area (Å²) in [4.78, 5) is 39.7. The van der Waals surface area contributed by atoms with Gasteiger partial charge in [0.05, 0.1) is 0 Å². The number of nitrogens with zero attached hydrogens (tertiary/aromatic N) is 2. The number of carbonyl (C=O) groups excluding carboxylic acids is 3. The van der Waals surface area contributed by atoms with Gasteiger partial charge in [0.15, 0.2) is 0 Å². The summed E-state index contributed by atoms with van der Waals surface area (Å²) in [5, 5.41) is 2.39. The molecule has 0 aliphatic carbocycles. The summed E-state index contributed by atoms with van der Waals surface area (Å²) in [6.45, 7) is 7.59. The Labute approximate surface area is 146 Å².